The summed E-state index contributed by atoms with van der Waals surface area (Å²) in [5.74, 6) is -0.202. The van der Waals surface area contributed by atoms with Gasteiger partial charge >= 0.3 is 0 Å². The van der Waals surface area contributed by atoms with Crippen LogP contribution >= 0.6 is 0 Å². The minimum atomic E-state index is -0.202. The number of hydrogen-bond donors (Lipinski definition) is 1. The SMILES string of the molecule is CCn1nc(CCNC)cc1-c1ccccc1F. The molecular weight excluding hydrogens is 229 g/mol. The summed E-state index contributed by atoms with van der Waals surface area (Å²) in [6, 6.07) is 8.79. The molecule has 0 aliphatic heterocycles. The number of benzene rings is 1. The molecule has 0 aliphatic carbocycles. The van der Waals surface area contributed by atoms with E-state index in [1.54, 1.807) is 12.1 Å². The highest BCUT2D eigenvalue weighted by molar-refractivity contribution is 5.60. The van der Waals surface area contributed by atoms with Crippen molar-refractivity contribution in [2.75, 3.05) is 13.6 Å². The summed E-state index contributed by atoms with van der Waals surface area (Å²) in [4.78, 5) is 0. The summed E-state index contributed by atoms with van der Waals surface area (Å²) in [6.45, 7) is 3.62. The van der Waals surface area contributed by atoms with Crippen molar-refractivity contribution >= 4 is 0 Å². The second kappa shape index (κ2) is 5.78. The predicted octanol–water partition coefficient (Wildman–Crippen LogP) is 2.47. The van der Waals surface area contributed by atoms with E-state index in [2.05, 4.69) is 10.4 Å². The first-order chi connectivity index (χ1) is 8.76. The lowest BCUT2D eigenvalue weighted by Gasteiger charge is -2.05. The Labute approximate surface area is 107 Å². The van der Waals surface area contributed by atoms with Crippen molar-refractivity contribution in [3.8, 4) is 11.3 Å². The zero-order valence-corrected chi connectivity index (χ0v) is 10.8. The lowest BCUT2D eigenvalue weighted by molar-refractivity contribution is 0.618. The van der Waals surface area contributed by atoms with Crippen LogP contribution in [0.4, 0.5) is 4.39 Å². The van der Waals surface area contributed by atoms with Gasteiger partial charge in [-0.3, -0.25) is 4.68 Å². The first-order valence-electron chi connectivity index (χ1n) is 6.22. The van der Waals surface area contributed by atoms with Crippen LogP contribution in [0.15, 0.2) is 30.3 Å². The third-order valence-corrected chi connectivity index (χ3v) is 2.91. The average Bonchev–Trinajstić information content (AvgIpc) is 2.80. The van der Waals surface area contributed by atoms with Gasteiger partial charge in [0.2, 0.25) is 0 Å². The fourth-order valence-electron chi connectivity index (χ4n) is 1.97. The van der Waals surface area contributed by atoms with Gasteiger partial charge in [0, 0.05) is 25.1 Å². The Morgan fingerprint density at radius 3 is 2.78 bits per heavy atom. The van der Waals surface area contributed by atoms with E-state index >= 15 is 0 Å². The van der Waals surface area contributed by atoms with Crippen molar-refractivity contribution in [2.45, 2.75) is 19.9 Å². The summed E-state index contributed by atoms with van der Waals surface area (Å²) in [5.41, 5.74) is 2.45. The second-order valence-electron chi connectivity index (χ2n) is 4.17. The first-order valence-corrected chi connectivity index (χ1v) is 6.22. The number of hydrogen-bond acceptors (Lipinski definition) is 2. The van der Waals surface area contributed by atoms with Crippen molar-refractivity contribution in [1.82, 2.24) is 15.1 Å². The largest absolute Gasteiger partial charge is 0.319 e. The van der Waals surface area contributed by atoms with Crippen molar-refractivity contribution < 1.29 is 4.39 Å². The molecule has 0 radical (unpaired) electrons. The van der Waals surface area contributed by atoms with Crippen LogP contribution in [0, 0.1) is 5.82 Å². The van der Waals surface area contributed by atoms with E-state index in [4.69, 9.17) is 0 Å². The zero-order valence-electron chi connectivity index (χ0n) is 10.8. The Morgan fingerprint density at radius 2 is 2.11 bits per heavy atom. The van der Waals surface area contributed by atoms with E-state index in [9.17, 15) is 4.39 Å². The number of rotatable bonds is 5. The quantitative estimate of drug-likeness (QED) is 0.879. The van der Waals surface area contributed by atoms with Crippen LogP contribution in [0.25, 0.3) is 11.3 Å². The Bertz CT molecular complexity index is 520. The molecule has 2 aromatic rings. The molecule has 18 heavy (non-hydrogen) atoms. The fourth-order valence-corrected chi connectivity index (χ4v) is 1.97. The monoisotopic (exact) mass is 247 g/mol. The summed E-state index contributed by atoms with van der Waals surface area (Å²) in [5, 5.41) is 7.58. The summed E-state index contributed by atoms with van der Waals surface area (Å²) in [6.07, 6.45) is 0.852. The number of likely N-dealkylation sites (N-methyl/N-ethyl adjacent to an activating group) is 1. The highest BCUT2D eigenvalue weighted by Crippen LogP contribution is 2.23. The molecule has 1 aromatic heterocycles. The number of aryl methyl sites for hydroxylation is 1. The lowest BCUT2D eigenvalue weighted by atomic mass is 10.1. The van der Waals surface area contributed by atoms with Crippen molar-refractivity contribution in [3.05, 3.63) is 41.8 Å². The molecule has 0 aliphatic rings. The molecule has 2 rings (SSSR count). The van der Waals surface area contributed by atoms with Gasteiger partial charge in [0.15, 0.2) is 0 Å². The summed E-state index contributed by atoms with van der Waals surface area (Å²) < 4.78 is 15.7. The average molecular weight is 247 g/mol. The van der Waals surface area contributed by atoms with Gasteiger partial charge in [-0.05, 0) is 32.2 Å². The van der Waals surface area contributed by atoms with Crippen LogP contribution in [0.1, 0.15) is 12.6 Å². The predicted molar refractivity (Wildman–Crippen MR) is 70.9 cm³/mol. The number of aromatic nitrogens is 2. The highest BCUT2D eigenvalue weighted by atomic mass is 19.1. The Balaban J connectivity index is 2.37. The van der Waals surface area contributed by atoms with Crippen molar-refractivity contribution in [3.63, 3.8) is 0 Å². The van der Waals surface area contributed by atoms with Gasteiger partial charge in [-0.15, -0.1) is 0 Å². The van der Waals surface area contributed by atoms with E-state index < -0.39 is 0 Å². The number of halogens is 1. The molecule has 1 heterocycles. The molecule has 0 fully saturated rings. The molecule has 1 N–H and O–H groups in total. The van der Waals surface area contributed by atoms with E-state index in [1.165, 1.54) is 6.07 Å². The van der Waals surface area contributed by atoms with Gasteiger partial charge in [-0.2, -0.15) is 5.10 Å². The topological polar surface area (TPSA) is 29.9 Å². The third kappa shape index (κ3) is 2.59. The van der Waals surface area contributed by atoms with E-state index in [1.807, 2.05) is 30.8 Å². The molecule has 0 saturated carbocycles. The van der Waals surface area contributed by atoms with E-state index in [0.717, 1.165) is 30.9 Å². The fraction of sp³-hybridized carbons (Fsp3) is 0.357. The van der Waals surface area contributed by atoms with Crippen LogP contribution in [0.2, 0.25) is 0 Å². The highest BCUT2D eigenvalue weighted by Gasteiger charge is 2.11. The van der Waals surface area contributed by atoms with Crippen molar-refractivity contribution in [1.29, 1.82) is 0 Å². The molecule has 0 spiro atoms. The van der Waals surface area contributed by atoms with Gasteiger partial charge in [0.05, 0.1) is 11.4 Å². The van der Waals surface area contributed by atoms with Gasteiger partial charge in [0.1, 0.15) is 5.82 Å². The molecule has 0 bridgehead atoms. The smallest absolute Gasteiger partial charge is 0.132 e. The van der Waals surface area contributed by atoms with Crippen LogP contribution < -0.4 is 5.32 Å². The molecule has 1 aromatic carbocycles. The Morgan fingerprint density at radius 1 is 1.33 bits per heavy atom. The number of nitrogens with zero attached hydrogens (tertiary/aromatic N) is 2. The maximum absolute atomic E-state index is 13.8. The van der Waals surface area contributed by atoms with Crippen molar-refractivity contribution in [2.24, 2.45) is 0 Å². The lowest BCUT2D eigenvalue weighted by Crippen LogP contribution is -2.10. The minimum Gasteiger partial charge on any atom is -0.319 e. The standard InChI is InChI=1S/C14H18FN3/c1-3-18-14(10-11(17-18)8-9-16-2)12-6-4-5-7-13(12)15/h4-7,10,16H,3,8-9H2,1-2H3. The van der Waals surface area contributed by atoms with E-state index in [-0.39, 0.29) is 5.82 Å². The number of nitrogens with one attached hydrogen (secondary N) is 1. The molecule has 3 nitrogen and oxygen atoms in total. The second-order valence-corrected chi connectivity index (χ2v) is 4.17. The minimum absolute atomic E-state index is 0.202. The molecule has 0 amide bonds. The van der Waals surface area contributed by atoms with Crippen LogP contribution in [0.3, 0.4) is 0 Å². The molecule has 0 atom stereocenters. The van der Waals surface area contributed by atoms with Gasteiger partial charge in [0.25, 0.3) is 0 Å². The Kier molecular flexibility index (Phi) is 4.10. The summed E-state index contributed by atoms with van der Waals surface area (Å²) in [7, 11) is 1.91. The maximum Gasteiger partial charge on any atom is 0.132 e. The molecule has 0 unspecified atom stereocenters. The van der Waals surface area contributed by atoms with Crippen LogP contribution in [0.5, 0.6) is 0 Å². The van der Waals surface area contributed by atoms with Gasteiger partial charge in [-0.1, -0.05) is 12.1 Å². The molecule has 0 saturated heterocycles. The third-order valence-electron chi connectivity index (χ3n) is 2.91. The molecule has 4 heteroatoms. The van der Waals surface area contributed by atoms with Crippen LogP contribution in [-0.2, 0) is 13.0 Å². The van der Waals surface area contributed by atoms with E-state index in [0.29, 0.717) is 5.56 Å². The summed E-state index contributed by atoms with van der Waals surface area (Å²) >= 11 is 0. The maximum atomic E-state index is 13.8. The zero-order chi connectivity index (χ0) is 13.0. The molecule has 96 valence electrons. The van der Waals surface area contributed by atoms with Crippen LogP contribution in [-0.4, -0.2) is 23.4 Å². The first kappa shape index (κ1) is 12.8. The van der Waals surface area contributed by atoms with Gasteiger partial charge in [-0.25, -0.2) is 4.39 Å². The van der Waals surface area contributed by atoms with Gasteiger partial charge < -0.3 is 5.32 Å². The Hall–Kier alpha value is -1.68. The normalized spacial score (nSPS) is 10.8. The molecular formula is C14H18FN3.